The maximum absolute atomic E-state index is 14.7. The highest BCUT2D eigenvalue weighted by molar-refractivity contribution is 6.32. The Bertz CT molecular complexity index is 1610. The van der Waals surface area contributed by atoms with Gasteiger partial charge in [-0.1, -0.05) is 53.7 Å². The minimum Gasteiger partial charge on any atom is -0.507 e. The summed E-state index contributed by atoms with van der Waals surface area (Å²) in [5, 5.41) is 23.1. The fourth-order valence-corrected chi connectivity index (χ4v) is 8.75. The number of phenols is 1. The number of carbonyl (C=O) groups is 5. The second-order valence-corrected chi connectivity index (χ2v) is 14.2. The molecule has 0 heterocycles. The fraction of sp³-hybridized carbons (Fsp3) is 0.514. The average molecular weight is 591 g/mol. The number of hydrogen-bond acceptors (Lipinski definition) is 7. The van der Waals surface area contributed by atoms with Crippen LogP contribution in [-0.2, 0) is 32.0 Å². The van der Waals surface area contributed by atoms with Crippen molar-refractivity contribution in [1.29, 1.82) is 0 Å². The quantitative estimate of drug-likeness (QED) is 0.464. The van der Waals surface area contributed by atoms with Crippen LogP contribution in [0.25, 0.3) is 11.1 Å². The first kappa shape index (κ1) is 30.9. The molecule has 2 fully saturated rings. The number of Topliss-reactive ketones (excluding diaryl/α,β-unsaturated/α-hetero) is 5. The maximum Gasteiger partial charge on any atom is 0.190 e. The molecule has 0 radical (unpaired) electrons. The first-order valence-corrected chi connectivity index (χ1v) is 14.9. The summed E-state index contributed by atoms with van der Waals surface area (Å²) < 4.78 is 14.7. The van der Waals surface area contributed by atoms with Crippen molar-refractivity contribution in [2.24, 2.45) is 40.4 Å². The van der Waals surface area contributed by atoms with Gasteiger partial charge in [-0.05, 0) is 83.9 Å². The molecule has 0 aromatic heterocycles. The average Bonchev–Trinajstić information content (AvgIpc) is 2.87. The Labute approximate surface area is 250 Å². The summed E-state index contributed by atoms with van der Waals surface area (Å²) in [6.07, 6.45) is 0.601. The second-order valence-electron chi connectivity index (χ2n) is 14.2. The number of phenolic OH excluding ortho intramolecular Hbond substituents is 1. The lowest BCUT2D eigenvalue weighted by Gasteiger charge is -2.61. The normalized spacial score (nSPS) is 32.1. The van der Waals surface area contributed by atoms with Crippen molar-refractivity contribution in [3.05, 3.63) is 52.8 Å². The van der Waals surface area contributed by atoms with Crippen LogP contribution < -0.4 is 0 Å². The third-order valence-corrected chi connectivity index (χ3v) is 10.2. The van der Waals surface area contributed by atoms with Crippen LogP contribution in [0.2, 0.25) is 0 Å². The van der Waals surface area contributed by atoms with Gasteiger partial charge in [-0.3, -0.25) is 24.0 Å². The Morgan fingerprint density at radius 3 is 2.26 bits per heavy atom. The third-order valence-electron chi connectivity index (χ3n) is 10.2. The van der Waals surface area contributed by atoms with Crippen LogP contribution in [0, 0.1) is 46.2 Å². The van der Waals surface area contributed by atoms with Crippen molar-refractivity contribution >= 4 is 28.9 Å². The zero-order valence-electron chi connectivity index (χ0n) is 25.7. The first-order valence-electron chi connectivity index (χ1n) is 14.9. The Morgan fingerprint density at radius 1 is 1.02 bits per heavy atom. The molecule has 2 saturated carbocycles. The summed E-state index contributed by atoms with van der Waals surface area (Å²) in [7, 11) is 0. The van der Waals surface area contributed by atoms with Crippen LogP contribution in [0.3, 0.4) is 0 Å². The van der Waals surface area contributed by atoms with E-state index in [-0.39, 0.29) is 35.9 Å². The van der Waals surface area contributed by atoms with Crippen molar-refractivity contribution in [2.45, 2.75) is 73.3 Å². The molecule has 3 aliphatic rings. The lowest BCUT2D eigenvalue weighted by Crippen LogP contribution is -2.76. The predicted octanol–water partition coefficient (Wildman–Crippen LogP) is 5.10. The topological polar surface area (TPSA) is 126 Å². The van der Waals surface area contributed by atoms with Gasteiger partial charge in [0.1, 0.15) is 23.3 Å². The van der Waals surface area contributed by atoms with Gasteiger partial charge in [-0.2, -0.15) is 0 Å². The van der Waals surface area contributed by atoms with Crippen molar-refractivity contribution in [3.63, 3.8) is 0 Å². The largest absolute Gasteiger partial charge is 0.507 e. The third kappa shape index (κ3) is 4.20. The smallest absolute Gasteiger partial charge is 0.190 e. The molecule has 0 saturated heterocycles. The summed E-state index contributed by atoms with van der Waals surface area (Å²) >= 11 is 0. The summed E-state index contributed by atoms with van der Waals surface area (Å²) in [6, 6.07) is 7.76. The molecular formula is C35H39FO7. The molecule has 43 heavy (non-hydrogen) atoms. The molecule has 6 atom stereocenters. The monoisotopic (exact) mass is 590 g/mol. The molecule has 5 rings (SSSR count). The zero-order valence-corrected chi connectivity index (χ0v) is 25.7. The highest BCUT2D eigenvalue weighted by Gasteiger charge is 2.76. The van der Waals surface area contributed by atoms with Crippen LogP contribution in [0.1, 0.15) is 76.4 Å². The van der Waals surface area contributed by atoms with E-state index in [9.17, 15) is 38.6 Å². The number of aromatic hydroxyl groups is 1. The minimum absolute atomic E-state index is 0.0276. The van der Waals surface area contributed by atoms with Gasteiger partial charge in [0, 0.05) is 11.3 Å². The number of ketones is 5. The molecule has 0 aliphatic heterocycles. The number of carbonyl (C=O) groups excluding carboxylic acids is 5. The molecule has 0 bridgehead atoms. The van der Waals surface area contributed by atoms with Crippen molar-refractivity contribution in [1.82, 2.24) is 0 Å². The molecule has 0 spiro atoms. The van der Waals surface area contributed by atoms with Gasteiger partial charge < -0.3 is 10.2 Å². The molecule has 0 amide bonds. The van der Waals surface area contributed by atoms with E-state index in [1.54, 1.807) is 45.9 Å². The van der Waals surface area contributed by atoms with Gasteiger partial charge in [0.15, 0.2) is 28.7 Å². The number of aliphatic hydroxyl groups is 1. The van der Waals surface area contributed by atoms with Crippen LogP contribution in [0.5, 0.6) is 5.75 Å². The van der Waals surface area contributed by atoms with Crippen LogP contribution in [-0.4, -0.2) is 44.7 Å². The molecule has 228 valence electrons. The molecular weight excluding hydrogens is 551 g/mol. The highest BCUT2D eigenvalue weighted by atomic mass is 19.1. The van der Waals surface area contributed by atoms with Crippen molar-refractivity contribution < 1.29 is 38.6 Å². The van der Waals surface area contributed by atoms with Gasteiger partial charge in [-0.15, -0.1) is 0 Å². The second kappa shape index (κ2) is 10.0. The van der Waals surface area contributed by atoms with Gasteiger partial charge in [0.2, 0.25) is 0 Å². The number of rotatable bonds is 5. The maximum atomic E-state index is 14.7. The van der Waals surface area contributed by atoms with E-state index in [2.05, 4.69) is 0 Å². The van der Waals surface area contributed by atoms with Gasteiger partial charge in [-0.25, -0.2) is 4.39 Å². The molecule has 7 nitrogen and oxygen atoms in total. The van der Waals surface area contributed by atoms with Gasteiger partial charge >= 0.3 is 0 Å². The highest BCUT2D eigenvalue weighted by Crippen LogP contribution is 2.64. The van der Waals surface area contributed by atoms with E-state index in [0.717, 1.165) is 6.92 Å². The molecule has 3 unspecified atom stereocenters. The number of benzene rings is 2. The lowest BCUT2D eigenvalue weighted by atomic mass is 9.40. The van der Waals surface area contributed by atoms with Crippen LogP contribution in [0.15, 0.2) is 30.3 Å². The van der Waals surface area contributed by atoms with E-state index in [4.69, 9.17) is 0 Å². The Kier molecular flexibility index (Phi) is 7.20. The molecule has 3 aliphatic carbocycles. The number of fused-ring (bicyclic) bond motifs is 3. The SMILES string of the molecule is CC(=O)C1C(=O)C(C(C)C)[C@@]2(C)C[C@@]3(C)Cc4c(-c5ccc(F)c(CC(C)C)c5)ccc(O)c4C(=O)C3C(=O)[C@@]2(O)C1=O. The standard InChI is InChI=1S/C35H39FO7/c1-16(2)12-20-13-19(8-10-23(20)36)21-9-11-24(38)26-22(21)14-33(6)15-34(7)27(17(3)4)29(39)25(18(5)37)31(41)35(34,43)32(42)28(33)30(26)40/h8-11,13,16-17,25,27-28,38,43H,12,14-15H2,1-7H3/t25?,27?,28?,33-,34-,35+/m1/s1. The summed E-state index contributed by atoms with van der Waals surface area (Å²) in [5.74, 6) is -9.46. The predicted molar refractivity (Wildman–Crippen MR) is 157 cm³/mol. The van der Waals surface area contributed by atoms with Crippen molar-refractivity contribution in [3.8, 4) is 16.9 Å². The van der Waals surface area contributed by atoms with Gasteiger partial charge in [0.05, 0.1) is 11.5 Å². The first-order chi connectivity index (χ1) is 19.9. The van der Waals surface area contributed by atoms with E-state index in [1.807, 2.05) is 13.8 Å². The Hall–Kier alpha value is -3.52. The van der Waals surface area contributed by atoms with Crippen LogP contribution in [0.4, 0.5) is 4.39 Å². The number of hydrogen-bond donors (Lipinski definition) is 2. The van der Waals surface area contributed by atoms with E-state index in [0.29, 0.717) is 28.7 Å². The van der Waals surface area contributed by atoms with Crippen LogP contribution >= 0.6 is 0 Å². The number of halogens is 1. The summed E-state index contributed by atoms with van der Waals surface area (Å²) in [4.78, 5) is 68.7. The molecule has 2 N–H and O–H groups in total. The zero-order chi connectivity index (χ0) is 32.0. The lowest BCUT2D eigenvalue weighted by molar-refractivity contribution is -0.205. The minimum atomic E-state index is -2.74. The van der Waals surface area contributed by atoms with Gasteiger partial charge in [0.25, 0.3) is 0 Å². The Morgan fingerprint density at radius 2 is 1.67 bits per heavy atom. The van der Waals surface area contributed by atoms with E-state index in [1.165, 1.54) is 12.1 Å². The molecule has 2 aromatic carbocycles. The molecule has 2 aromatic rings. The van der Waals surface area contributed by atoms with Crippen molar-refractivity contribution in [2.75, 3.05) is 0 Å². The molecule has 8 heteroatoms. The Balaban J connectivity index is 1.72. The van der Waals surface area contributed by atoms with E-state index < -0.39 is 69.0 Å². The summed E-state index contributed by atoms with van der Waals surface area (Å²) in [6.45, 7) is 11.9. The summed E-state index contributed by atoms with van der Waals surface area (Å²) in [5.41, 5.74) is -3.26. The van der Waals surface area contributed by atoms with E-state index >= 15 is 0 Å². The fourth-order valence-electron chi connectivity index (χ4n) is 8.75.